The predicted octanol–water partition coefficient (Wildman–Crippen LogP) is 6.47. The largest absolute Gasteiger partial charge is 0.490 e. The third-order valence-corrected chi connectivity index (χ3v) is 6.86. The molecule has 1 heterocycles. The molecule has 4 aromatic rings. The molecule has 0 atom stereocenters. The van der Waals surface area contributed by atoms with Gasteiger partial charge in [0.2, 0.25) is 0 Å². The Kier molecular flexibility index (Phi) is 9.40. The van der Waals surface area contributed by atoms with Gasteiger partial charge in [0.15, 0.2) is 11.5 Å². The lowest BCUT2D eigenvalue weighted by molar-refractivity contribution is -0.384. The van der Waals surface area contributed by atoms with E-state index in [1.165, 1.54) is 18.2 Å². The molecule has 1 aliphatic heterocycles. The molecule has 0 saturated carbocycles. The first kappa shape index (κ1) is 30.8. The van der Waals surface area contributed by atoms with E-state index < -0.39 is 22.8 Å². The Morgan fingerprint density at radius 3 is 2.29 bits per heavy atom. The number of nitrogens with one attached hydrogen (secondary N) is 1. The molecular weight excluding hydrogens is 602 g/mol. The lowest BCUT2D eigenvalue weighted by atomic mass is 10.1. The topological polar surface area (TPSA) is 137 Å². The quantitative estimate of drug-likeness (QED) is 0.0864. The van der Waals surface area contributed by atoms with Gasteiger partial charge in [-0.2, -0.15) is 0 Å². The molecule has 12 heteroatoms. The van der Waals surface area contributed by atoms with E-state index in [2.05, 4.69) is 5.32 Å². The van der Waals surface area contributed by atoms with Gasteiger partial charge >= 0.3 is 6.03 Å². The molecule has 11 nitrogen and oxygen atoms in total. The lowest BCUT2D eigenvalue weighted by Crippen LogP contribution is -2.54. The number of non-ortho nitro benzene ring substituents is 1. The summed E-state index contributed by atoms with van der Waals surface area (Å²) in [5.41, 5.74) is 1.88. The number of halogens is 1. The summed E-state index contributed by atoms with van der Waals surface area (Å²) >= 11 is 5.92. The average molecular weight is 628 g/mol. The molecule has 1 aliphatic rings. The summed E-state index contributed by atoms with van der Waals surface area (Å²) < 4.78 is 17.4. The van der Waals surface area contributed by atoms with Crippen LogP contribution in [0.25, 0.3) is 6.08 Å². The number of ether oxygens (including phenoxy) is 3. The van der Waals surface area contributed by atoms with Crippen LogP contribution < -0.4 is 24.4 Å². The van der Waals surface area contributed by atoms with E-state index in [4.69, 9.17) is 25.8 Å². The summed E-state index contributed by atoms with van der Waals surface area (Å²) in [6.07, 6.45) is 1.35. The smallest absolute Gasteiger partial charge is 0.335 e. The molecule has 1 fully saturated rings. The Hall–Kier alpha value is -5.68. The second-order valence-corrected chi connectivity index (χ2v) is 10.2. The van der Waals surface area contributed by atoms with Gasteiger partial charge in [0.1, 0.15) is 24.5 Å². The normalized spacial score (nSPS) is 13.9. The van der Waals surface area contributed by atoms with E-state index in [1.54, 1.807) is 73.7 Å². The Balaban J connectivity index is 1.32. The number of rotatable bonds is 11. The predicted molar refractivity (Wildman–Crippen MR) is 166 cm³/mol. The number of carbonyl (C=O) groups excluding carboxylic acids is 3. The molecule has 0 bridgehead atoms. The van der Waals surface area contributed by atoms with Crippen LogP contribution in [-0.2, 0) is 22.8 Å². The Bertz CT molecular complexity index is 1790. The molecule has 0 aromatic heterocycles. The molecule has 0 unspecified atom stereocenters. The van der Waals surface area contributed by atoms with E-state index in [1.807, 2.05) is 12.1 Å². The highest BCUT2D eigenvalue weighted by atomic mass is 35.5. The van der Waals surface area contributed by atoms with Crippen molar-refractivity contribution in [2.45, 2.75) is 20.1 Å². The first-order chi connectivity index (χ1) is 21.7. The number of amides is 4. The molecule has 0 aliphatic carbocycles. The van der Waals surface area contributed by atoms with E-state index in [-0.39, 0.29) is 23.6 Å². The molecule has 228 valence electrons. The minimum absolute atomic E-state index is 0.0467. The SMILES string of the molecule is CCOc1cc(/C=C2\C(=O)NC(=O)N(c3ccc(OCc4ccc(Cl)cc4)cc3)C2=O)ccc1OCc1cccc([N+](=O)[O-])c1. The summed E-state index contributed by atoms with van der Waals surface area (Å²) in [5, 5.41) is 13.9. The number of hydrogen-bond acceptors (Lipinski definition) is 8. The van der Waals surface area contributed by atoms with Crippen molar-refractivity contribution in [3.63, 3.8) is 0 Å². The molecular formula is C33H26ClN3O8. The first-order valence-corrected chi connectivity index (χ1v) is 14.1. The van der Waals surface area contributed by atoms with Crippen LogP contribution in [0, 0.1) is 10.1 Å². The highest BCUT2D eigenvalue weighted by Gasteiger charge is 2.36. The number of anilines is 1. The molecule has 1 saturated heterocycles. The maximum absolute atomic E-state index is 13.4. The van der Waals surface area contributed by atoms with Crippen molar-refractivity contribution in [3.05, 3.63) is 128 Å². The van der Waals surface area contributed by atoms with Gasteiger partial charge in [-0.15, -0.1) is 0 Å². The molecule has 4 aromatic carbocycles. The molecule has 4 amide bonds. The molecule has 5 rings (SSSR count). The van der Waals surface area contributed by atoms with Gasteiger partial charge in [0.05, 0.1) is 17.2 Å². The average Bonchev–Trinajstić information content (AvgIpc) is 3.03. The van der Waals surface area contributed by atoms with Gasteiger partial charge in [0, 0.05) is 17.2 Å². The van der Waals surface area contributed by atoms with Crippen molar-refractivity contribution in [1.29, 1.82) is 0 Å². The fourth-order valence-electron chi connectivity index (χ4n) is 4.42. The van der Waals surface area contributed by atoms with Crippen molar-refractivity contribution < 1.29 is 33.5 Å². The molecule has 0 radical (unpaired) electrons. The number of barbiturate groups is 1. The van der Waals surface area contributed by atoms with E-state index in [0.29, 0.717) is 46.6 Å². The third kappa shape index (κ3) is 7.46. The zero-order valence-electron chi connectivity index (χ0n) is 23.9. The van der Waals surface area contributed by atoms with Crippen LogP contribution in [0.4, 0.5) is 16.2 Å². The van der Waals surface area contributed by atoms with Crippen LogP contribution in [0.2, 0.25) is 5.02 Å². The van der Waals surface area contributed by atoms with Crippen molar-refractivity contribution in [2.75, 3.05) is 11.5 Å². The van der Waals surface area contributed by atoms with Crippen molar-refractivity contribution >= 4 is 46.9 Å². The number of hydrogen-bond donors (Lipinski definition) is 1. The third-order valence-electron chi connectivity index (χ3n) is 6.61. The Morgan fingerprint density at radius 2 is 1.58 bits per heavy atom. The second kappa shape index (κ2) is 13.7. The number of nitrogens with zero attached hydrogens (tertiary/aromatic N) is 2. The van der Waals surface area contributed by atoms with Crippen molar-refractivity contribution in [3.8, 4) is 17.2 Å². The van der Waals surface area contributed by atoms with Crippen LogP contribution in [0.1, 0.15) is 23.6 Å². The molecule has 45 heavy (non-hydrogen) atoms. The van der Waals surface area contributed by atoms with Crippen LogP contribution in [0.3, 0.4) is 0 Å². The summed E-state index contributed by atoms with van der Waals surface area (Å²) in [7, 11) is 0. The summed E-state index contributed by atoms with van der Waals surface area (Å²) in [5.74, 6) is -0.430. The van der Waals surface area contributed by atoms with E-state index in [9.17, 15) is 24.5 Å². The molecule has 0 spiro atoms. The fraction of sp³-hybridized carbons (Fsp3) is 0.121. The van der Waals surface area contributed by atoms with Crippen molar-refractivity contribution in [2.24, 2.45) is 0 Å². The summed E-state index contributed by atoms with van der Waals surface area (Å²) in [4.78, 5) is 50.3. The zero-order valence-corrected chi connectivity index (χ0v) is 24.7. The summed E-state index contributed by atoms with van der Waals surface area (Å²) in [6.45, 7) is 2.42. The minimum Gasteiger partial charge on any atom is -0.490 e. The van der Waals surface area contributed by atoms with Crippen molar-refractivity contribution in [1.82, 2.24) is 5.32 Å². The number of carbonyl (C=O) groups is 3. The summed E-state index contributed by atoms with van der Waals surface area (Å²) in [6, 6.07) is 23.6. The number of imide groups is 2. The lowest BCUT2D eigenvalue weighted by Gasteiger charge is -2.26. The van der Waals surface area contributed by atoms with Gasteiger partial charge in [-0.05, 0) is 78.2 Å². The highest BCUT2D eigenvalue weighted by molar-refractivity contribution is 6.39. The number of nitro benzene ring substituents is 1. The van der Waals surface area contributed by atoms with Crippen LogP contribution in [0.15, 0.2) is 96.6 Å². The number of urea groups is 1. The van der Waals surface area contributed by atoms with E-state index >= 15 is 0 Å². The van der Waals surface area contributed by atoms with Gasteiger partial charge in [-0.3, -0.25) is 25.0 Å². The number of nitro groups is 1. The Labute approximate surface area is 262 Å². The van der Waals surface area contributed by atoms with Gasteiger partial charge in [-0.25, -0.2) is 9.69 Å². The second-order valence-electron chi connectivity index (χ2n) is 9.72. The zero-order chi connectivity index (χ0) is 31.9. The highest BCUT2D eigenvalue weighted by Crippen LogP contribution is 2.31. The van der Waals surface area contributed by atoms with Crippen LogP contribution in [0.5, 0.6) is 17.2 Å². The Morgan fingerprint density at radius 1 is 0.844 bits per heavy atom. The van der Waals surface area contributed by atoms with Crippen LogP contribution >= 0.6 is 11.6 Å². The monoisotopic (exact) mass is 627 g/mol. The standard InChI is InChI=1S/C33H26ClN3O8/c1-2-43-30-18-22(8-15-29(30)45-20-23-4-3-5-26(16-23)37(41)42)17-28-31(38)35-33(40)36(32(28)39)25-11-13-27(14-12-25)44-19-21-6-9-24(34)10-7-21/h3-18H,2,19-20H2,1H3,(H,35,38,40)/b28-17+. The molecule has 1 N–H and O–H groups in total. The van der Waals surface area contributed by atoms with Crippen LogP contribution in [-0.4, -0.2) is 29.4 Å². The fourth-order valence-corrected chi connectivity index (χ4v) is 4.55. The maximum atomic E-state index is 13.4. The van der Waals surface area contributed by atoms with Gasteiger partial charge in [-0.1, -0.05) is 41.9 Å². The van der Waals surface area contributed by atoms with Gasteiger partial charge in [0.25, 0.3) is 17.5 Å². The van der Waals surface area contributed by atoms with E-state index in [0.717, 1.165) is 10.5 Å². The minimum atomic E-state index is -0.878. The van der Waals surface area contributed by atoms with Gasteiger partial charge < -0.3 is 14.2 Å². The first-order valence-electron chi connectivity index (χ1n) is 13.7. The number of benzene rings is 4. The maximum Gasteiger partial charge on any atom is 0.335 e.